The molecular formula is C10H19BrO. The Bertz CT molecular complexity index is 134. The van der Waals surface area contributed by atoms with Crippen LogP contribution < -0.4 is 0 Å². The Morgan fingerprint density at radius 1 is 1.50 bits per heavy atom. The number of alkyl halides is 1. The van der Waals surface area contributed by atoms with Gasteiger partial charge in [-0.2, -0.15) is 0 Å². The van der Waals surface area contributed by atoms with Crippen LogP contribution in [0.5, 0.6) is 0 Å². The topological polar surface area (TPSA) is 9.23 Å². The molecule has 1 saturated heterocycles. The van der Waals surface area contributed by atoms with Crippen molar-refractivity contribution in [2.75, 3.05) is 11.9 Å². The lowest BCUT2D eigenvalue weighted by molar-refractivity contribution is -0.0735. The minimum Gasteiger partial charge on any atom is -0.376 e. The summed E-state index contributed by atoms with van der Waals surface area (Å²) in [6.45, 7) is 5.36. The van der Waals surface area contributed by atoms with Crippen LogP contribution in [0.4, 0.5) is 0 Å². The Labute approximate surface area is 84.0 Å². The van der Waals surface area contributed by atoms with Gasteiger partial charge in [-0.05, 0) is 45.4 Å². The minimum absolute atomic E-state index is 0.134. The third kappa shape index (κ3) is 3.44. The number of rotatable bonds is 3. The van der Waals surface area contributed by atoms with E-state index in [1.165, 1.54) is 25.7 Å². The molecule has 72 valence electrons. The molecule has 0 amide bonds. The first-order valence-electron chi connectivity index (χ1n) is 4.84. The van der Waals surface area contributed by atoms with E-state index in [1.807, 2.05) is 0 Å². The van der Waals surface area contributed by atoms with Gasteiger partial charge in [-0.25, -0.2) is 0 Å². The molecule has 1 unspecified atom stereocenters. The third-order valence-corrected chi connectivity index (χ3v) is 3.11. The monoisotopic (exact) mass is 234 g/mol. The quantitative estimate of drug-likeness (QED) is 0.681. The highest BCUT2D eigenvalue weighted by Gasteiger charge is 2.27. The van der Waals surface area contributed by atoms with Crippen molar-refractivity contribution in [2.45, 2.75) is 45.1 Å². The van der Waals surface area contributed by atoms with Gasteiger partial charge < -0.3 is 4.74 Å². The molecule has 1 nitrogen and oxygen atoms in total. The van der Waals surface area contributed by atoms with E-state index in [1.54, 1.807) is 0 Å². The highest BCUT2D eigenvalue weighted by atomic mass is 79.9. The smallest absolute Gasteiger partial charge is 0.0629 e. The molecule has 0 aromatic carbocycles. The Morgan fingerprint density at radius 3 is 2.83 bits per heavy atom. The highest BCUT2D eigenvalue weighted by Crippen LogP contribution is 2.31. The van der Waals surface area contributed by atoms with Crippen molar-refractivity contribution in [2.24, 2.45) is 5.92 Å². The summed E-state index contributed by atoms with van der Waals surface area (Å²) < 4.78 is 5.66. The molecule has 1 rings (SSSR count). The molecule has 0 bridgehead atoms. The van der Waals surface area contributed by atoms with Crippen LogP contribution in [0.25, 0.3) is 0 Å². The van der Waals surface area contributed by atoms with Crippen molar-refractivity contribution in [1.29, 1.82) is 0 Å². The van der Waals surface area contributed by atoms with E-state index in [-0.39, 0.29) is 5.60 Å². The lowest BCUT2D eigenvalue weighted by Crippen LogP contribution is -2.33. The van der Waals surface area contributed by atoms with E-state index >= 15 is 0 Å². The molecule has 0 radical (unpaired) electrons. The SMILES string of the molecule is CC1(C)CC(CCCBr)CCO1. The number of halogens is 1. The van der Waals surface area contributed by atoms with E-state index < -0.39 is 0 Å². The summed E-state index contributed by atoms with van der Waals surface area (Å²) in [4.78, 5) is 0. The van der Waals surface area contributed by atoms with Gasteiger partial charge in [0, 0.05) is 11.9 Å². The molecule has 0 spiro atoms. The predicted octanol–water partition coefficient (Wildman–Crippen LogP) is 3.37. The van der Waals surface area contributed by atoms with E-state index in [2.05, 4.69) is 29.8 Å². The maximum absolute atomic E-state index is 5.66. The molecule has 0 saturated carbocycles. The summed E-state index contributed by atoms with van der Waals surface area (Å²) in [6.07, 6.45) is 5.16. The molecule has 0 aromatic heterocycles. The molecule has 0 N–H and O–H groups in total. The first-order chi connectivity index (χ1) is 5.64. The molecule has 2 heteroatoms. The Hall–Kier alpha value is 0.440. The number of ether oxygens (including phenoxy) is 1. The maximum atomic E-state index is 5.66. The average Bonchev–Trinajstić information content (AvgIpc) is 1.99. The van der Waals surface area contributed by atoms with Crippen LogP contribution in [0.2, 0.25) is 0 Å². The van der Waals surface area contributed by atoms with Crippen molar-refractivity contribution in [3.8, 4) is 0 Å². The van der Waals surface area contributed by atoms with Gasteiger partial charge in [-0.15, -0.1) is 0 Å². The highest BCUT2D eigenvalue weighted by molar-refractivity contribution is 9.09. The number of hydrogen-bond donors (Lipinski definition) is 0. The zero-order valence-electron chi connectivity index (χ0n) is 8.11. The van der Waals surface area contributed by atoms with Crippen LogP contribution in [0, 0.1) is 5.92 Å². The van der Waals surface area contributed by atoms with Crippen molar-refractivity contribution in [3.05, 3.63) is 0 Å². The van der Waals surface area contributed by atoms with Crippen LogP contribution in [0.3, 0.4) is 0 Å². The van der Waals surface area contributed by atoms with Gasteiger partial charge in [0.1, 0.15) is 0 Å². The van der Waals surface area contributed by atoms with Crippen molar-refractivity contribution < 1.29 is 4.74 Å². The Balaban J connectivity index is 2.26. The maximum Gasteiger partial charge on any atom is 0.0629 e. The van der Waals surface area contributed by atoms with Gasteiger partial charge in [0.15, 0.2) is 0 Å². The summed E-state index contributed by atoms with van der Waals surface area (Å²) in [6, 6.07) is 0. The fourth-order valence-electron chi connectivity index (χ4n) is 1.97. The molecule has 1 fully saturated rings. The third-order valence-electron chi connectivity index (χ3n) is 2.55. The Kier molecular flexibility index (Phi) is 4.04. The van der Waals surface area contributed by atoms with Gasteiger partial charge in [0.2, 0.25) is 0 Å². The minimum atomic E-state index is 0.134. The zero-order chi connectivity index (χ0) is 9.03. The van der Waals surface area contributed by atoms with Gasteiger partial charge in [0.05, 0.1) is 5.60 Å². The fraction of sp³-hybridized carbons (Fsp3) is 1.00. The van der Waals surface area contributed by atoms with Gasteiger partial charge >= 0.3 is 0 Å². The second kappa shape index (κ2) is 4.61. The normalized spacial score (nSPS) is 28.8. The second-order valence-corrected chi connectivity index (χ2v) is 5.09. The zero-order valence-corrected chi connectivity index (χ0v) is 9.69. The summed E-state index contributed by atoms with van der Waals surface area (Å²) in [5.74, 6) is 0.895. The lowest BCUT2D eigenvalue weighted by Gasteiger charge is -2.35. The van der Waals surface area contributed by atoms with E-state index in [4.69, 9.17) is 4.74 Å². The molecule has 1 aliphatic heterocycles. The summed E-state index contributed by atoms with van der Waals surface area (Å²) in [5, 5.41) is 1.14. The van der Waals surface area contributed by atoms with Gasteiger partial charge in [-0.1, -0.05) is 15.9 Å². The van der Waals surface area contributed by atoms with Crippen LogP contribution in [-0.4, -0.2) is 17.5 Å². The Morgan fingerprint density at radius 2 is 2.25 bits per heavy atom. The van der Waals surface area contributed by atoms with Crippen LogP contribution >= 0.6 is 15.9 Å². The van der Waals surface area contributed by atoms with E-state index in [0.29, 0.717) is 0 Å². The summed E-state index contributed by atoms with van der Waals surface area (Å²) >= 11 is 3.47. The first-order valence-corrected chi connectivity index (χ1v) is 5.96. The van der Waals surface area contributed by atoms with Crippen LogP contribution in [0.1, 0.15) is 39.5 Å². The largest absolute Gasteiger partial charge is 0.376 e. The summed E-state index contributed by atoms with van der Waals surface area (Å²) in [7, 11) is 0. The van der Waals surface area contributed by atoms with E-state index in [9.17, 15) is 0 Å². The summed E-state index contributed by atoms with van der Waals surface area (Å²) in [5.41, 5.74) is 0.134. The van der Waals surface area contributed by atoms with Crippen molar-refractivity contribution >= 4 is 15.9 Å². The van der Waals surface area contributed by atoms with Crippen molar-refractivity contribution in [3.63, 3.8) is 0 Å². The van der Waals surface area contributed by atoms with Crippen LogP contribution in [0.15, 0.2) is 0 Å². The predicted molar refractivity (Wildman–Crippen MR) is 55.8 cm³/mol. The lowest BCUT2D eigenvalue weighted by atomic mass is 9.86. The van der Waals surface area contributed by atoms with Gasteiger partial charge in [0.25, 0.3) is 0 Å². The molecular weight excluding hydrogens is 216 g/mol. The first kappa shape index (κ1) is 10.5. The number of hydrogen-bond acceptors (Lipinski definition) is 1. The molecule has 1 atom stereocenters. The van der Waals surface area contributed by atoms with Crippen LogP contribution in [-0.2, 0) is 4.74 Å². The van der Waals surface area contributed by atoms with E-state index in [0.717, 1.165) is 17.9 Å². The molecule has 0 aliphatic carbocycles. The fourth-order valence-corrected chi connectivity index (χ4v) is 2.29. The van der Waals surface area contributed by atoms with Gasteiger partial charge in [-0.3, -0.25) is 0 Å². The van der Waals surface area contributed by atoms with Crippen molar-refractivity contribution in [1.82, 2.24) is 0 Å². The molecule has 1 heterocycles. The molecule has 1 aliphatic rings. The standard InChI is InChI=1S/C10H19BrO/c1-10(2)8-9(4-3-6-11)5-7-12-10/h9H,3-8H2,1-2H3. The molecule has 0 aromatic rings. The molecule has 12 heavy (non-hydrogen) atoms. The second-order valence-electron chi connectivity index (χ2n) is 4.30. The average molecular weight is 235 g/mol.